The molecule has 1 amide bonds. The molecule has 0 bridgehead atoms. The average molecular weight is 257 g/mol. The molecule has 0 heterocycles. The molecule has 3 heteroatoms. The molecule has 0 rings (SSSR count). The monoisotopic (exact) mass is 257 g/mol. The number of hydrogen-bond donors (Lipinski definition) is 1. The predicted octanol–water partition coefficient (Wildman–Crippen LogP) is 4.65. The summed E-state index contributed by atoms with van der Waals surface area (Å²) in [6.45, 7) is 9.99. The standard InChI is InChI=1S/C15H31NO2/c1-6-8-9-10-11-12-13(7-2)16-14(17)18-15(3,4)5/h13H,6-12H2,1-5H3,(H,16,17)/t13-/m1/s1. The van der Waals surface area contributed by atoms with Crippen molar-refractivity contribution in [2.45, 2.75) is 91.2 Å². The van der Waals surface area contributed by atoms with Crippen molar-refractivity contribution in [1.82, 2.24) is 5.32 Å². The van der Waals surface area contributed by atoms with Crippen molar-refractivity contribution in [2.24, 2.45) is 0 Å². The van der Waals surface area contributed by atoms with E-state index in [1.165, 1.54) is 32.1 Å². The highest BCUT2D eigenvalue weighted by molar-refractivity contribution is 5.68. The van der Waals surface area contributed by atoms with E-state index < -0.39 is 5.60 Å². The van der Waals surface area contributed by atoms with E-state index in [0.29, 0.717) is 0 Å². The van der Waals surface area contributed by atoms with Crippen molar-refractivity contribution in [3.63, 3.8) is 0 Å². The molecule has 0 spiro atoms. The zero-order valence-electron chi connectivity index (χ0n) is 12.8. The zero-order chi connectivity index (χ0) is 14.0. The van der Waals surface area contributed by atoms with Gasteiger partial charge in [0.15, 0.2) is 0 Å². The molecule has 1 atom stereocenters. The Bertz CT molecular complexity index is 221. The number of rotatable bonds is 8. The summed E-state index contributed by atoms with van der Waals surface area (Å²) in [5, 5.41) is 2.95. The lowest BCUT2D eigenvalue weighted by Gasteiger charge is -2.23. The highest BCUT2D eigenvalue weighted by Gasteiger charge is 2.18. The zero-order valence-corrected chi connectivity index (χ0v) is 12.8. The first-order valence-electron chi connectivity index (χ1n) is 7.38. The summed E-state index contributed by atoms with van der Waals surface area (Å²) in [6, 6.07) is 0.251. The van der Waals surface area contributed by atoms with Crippen LogP contribution < -0.4 is 5.32 Å². The second-order valence-electron chi connectivity index (χ2n) is 5.95. The van der Waals surface area contributed by atoms with Crippen LogP contribution in [-0.4, -0.2) is 17.7 Å². The van der Waals surface area contributed by atoms with Crippen molar-refractivity contribution in [3.8, 4) is 0 Å². The van der Waals surface area contributed by atoms with Crippen LogP contribution in [0.3, 0.4) is 0 Å². The Balaban J connectivity index is 3.79. The number of amides is 1. The number of ether oxygens (including phenoxy) is 1. The minimum Gasteiger partial charge on any atom is -0.444 e. The van der Waals surface area contributed by atoms with E-state index >= 15 is 0 Å². The lowest BCUT2D eigenvalue weighted by molar-refractivity contribution is 0.0500. The molecule has 3 nitrogen and oxygen atoms in total. The molecule has 0 unspecified atom stereocenters. The number of hydrogen-bond acceptors (Lipinski definition) is 2. The van der Waals surface area contributed by atoms with Gasteiger partial charge in [-0.3, -0.25) is 0 Å². The third-order valence-electron chi connectivity index (χ3n) is 2.87. The Morgan fingerprint density at radius 3 is 2.22 bits per heavy atom. The number of carbonyl (C=O) groups is 1. The first kappa shape index (κ1) is 17.3. The van der Waals surface area contributed by atoms with E-state index in [-0.39, 0.29) is 12.1 Å². The molecule has 0 aromatic rings. The van der Waals surface area contributed by atoms with E-state index in [2.05, 4.69) is 19.2 Å². The quantitative estimate of drug-likeness (QED) is 0.643. The summed E-state index contributed by atoms with van der Waals surface area (Å²) in [5.41, 5.74) is -0.413. The van der Waals surface area contributed by atoms with Crippen LogP contribution in [0.4, 0.5) is 4.79 Å². The third kappa shape index (κ3) is 10.4. The number of carbonyl (C=O) groups excluding carboxylic acids is 1. The third-order valence-corrected chi connectivity index (χ3v) is 2.87. The molecule has 0 aromatic carbocycles. The number of nitrogens with one attached hydrogen (secondary N) is 1. The van der Waals surface area contributed by atoms with Gasteiger partial charge >= 0.3 is 6.09 Å². The van der Waals surface area contributed by atoms with Gasteiger partial charge in [0.1, 0.15) is 5.60 Å². The van der Waals surface area contributed by atoms with Crippen molar-refractivity contribution in [3.05, 3.63) is 0 Å². The van der Waals surface area contributed by atoms with E-state index in [0.717, 1.165) is 12.8 Å². The first-order chi connectivity index (χ1) is 8.39. The molecule has 0 saturated heterocycles. The lowest BCUT2D eigenvalue weighted by atomic mass is 10.0. The van der Waals surface area contributed by atoms with Crippen molar-refractivity contribution in [2.75, 3.05) is 0 Å². The van der Waals surface area contributed by atoms with Crippen LogP contribution >= 0.6 is 0 Å². The maximum absolute atomic E-state index is 11.6. The molecule has 0 aliphatic heterocycles. The summed E-state index contributed by atoms with van der Waals surface area (Å²) in [7, 11) is 0. The highest BCUT2D eigenvalue weighted by Crippen LogP contribution is 2.11. The van der Waals surface area contributed by atoms with E-state index in [9.17, 15) is 4.79 Å². The summed E-state index contributed by atoms with van der Waals surface area (Å²) in [6.07, 6.45) is 8.08. The summed E-state index contributed by atoms with van der Waals surface area (Å²) in [5.74, 6) is 0. The smallest absolute Gasteiger partial charge is 0.407 e. The molecule has 0 radical (unpaired) electrons. The Morgan fingerprint density at radius 2 is 1.72 bits per heavy atom. The maximum Gasteiger partial charge on any atom is 0.407 e. The molecule has 0 fully saturated rings. The maximum atomic E-state index is 11.6. The molecule has 0 aliphatic carbocycles. The fourth-order valence-corrected chi connectivity index (χ4v) is 1.85. The Labute approximate surface area is 113 Å². The normalized spacial score (nSPS) is 13.2. The molecule has 0 aliphatic rings. The minimum atomic E-state index is -0.413. The van der Waals surface area contributed by atoms with Crippen LogP contribution in [-0.2, 0) is 4.74 Å². The highest BCUT2D eigenvalue weighted by atomic mass is 16.6. The Morgan fingerprint density at radius 1 is 1.11 bits per heavy atom. The van der Waals surface area contributed by atoms with Crippen LogP contribution in [0.1, 0.15) is 79.6 Å². The molecule has 1 N–H and O–H groups in total. The fourth-order valence-electron chi connectivity index (χ4n) is 1.85. The van der Waals surface area contributed by atoms with Gasteiger partial charge in [0.25, 0.3) is 0 Å². The van der Waals surface area contributed by atoms with Crippen molar-refractivity contribution >= 4 is 6.09 Å². The van der Waals surface area contributed by atoms with Crippen LogP contribution in [0.15, 0.2) is 0 Å². The fraction of sp³-hybridized carbons (Fsp3) is 0.933. The van der Waals surface area contributed by atoms with E-state index in [4.69, 9.17) is 4.74 Å². The van der Waals surface area contributed by atoms with Gasteiger partial charge in [0.2, 0.25) is 0 Å². The van der Waals surface area contributed by atoms with Gasteiger partial charge in [-0.25, -0.2) is 4.79 Å². The average Bonchev–Trinajstić information content (AvgIpc) is 2.24. The van der Waals surface area contributed by atoms with Gasteiger partial charge in [-0.15, -0.1) is 0 Å². The van der Waals surface area contributed by atoms with Crippen LogP contribution in [0.25, 0.3) is 0 Å². The summed E-state index contributed by atoms with van der Waals surface area (Å²) < 4.78 is 5.26. The molecule has 108 valence electrons. The van der Waals surface area contributed by atoms with Crippen LogP contribution in [0.2, 0.25) is 0 Å². The summed E-state index contributed by atoms with van der Waals surface area (Å²) in [4.78, 5) is 11.6. The van der Waals surface area contributed by atoms with Crippen molar-refractivity contribution in [1.29, 1.82) is 0 Å². The Hall–Kier alpha value is -0.730. The largest absolute Gasteiger partial charge is 0.444 e. The van der Waals surface area contributed by atoms with Crippen LogP contribution in [0.5, 0.6) is 0 Å². The van der Waals surface area contributed by atoms with Gasteiger partial charge < -0.3 is 10.1 Å². The van der Waals surface area contributed by atoms with Gasteiger partial charge in [0.05, 0.1) is 0 Å². The van der Waals surface area contributed by atoms with Crippen LogP contribution in [0, 0.1) is 0 Å². The molecule has 0 saturated carbocycles. The molecule has 18 heavy (non-hydrogen) atoms. The Kier molecular flexibility index (Phi) is 8.86. The molecular weight excluding hydrogens is 226 g/mol. The van der Waals surface area contributed by atoms with E-state index in [1.54, 1.807) is 0 Å². The number of alkyl carbamates (subject to hydrolysis) is 1. The van der Waals surface area contributed by atoms with Gasteiger partial charge in [-0.05, 0) is 33.6 Å². The van der Waals surface area contributed by atoms with E-state index in [1.807, 2.05) is 20.8 Å². The minimum absolute atomic E-state index is 0.251. The lowest BCUT2D eigenvalue weighted by Crippen LogP contribution is -2.38. The second kappa shape index (κ2) is 9.23. The van der Waals surface area contributed by atoms with Gasteiger partial charge in [0, 0.05) is 6.04 Å². The SMILES string of the molecule is CCCCCCC[C@@H](CC)NC(=O)OC(C)(C)C. The molecule has 0 aromatic heterocycles. The second-order valence-corrected chi connectivity index (χ2v) is 5.95. The predicted molar refractivity (Wildman–Crippen MR) is 76.8 cm³/mol. The van der Waals surface area contributed by atoms with Crippen molar-refractivity contribution < 1.29 is 9.53 Å². The van der Waals surface area contributed by atoms with Gasteiger partial charge in [-0.1, -0.05) is 46.0 Å². The number of unbranched alkanes of at least 4 members (excludes halogenated alkanes) is 4. The van der Waals surface area contributed by atoms with Gasteiger partial charge in [-0.2, -0.15) is 0 Å². The summed E-state index contributed by atoms with van der Waals surface area (Å²) >= 11 is 0. The molecular formula is C15H31NO2. The topological polar surface area (TPSA) is 38.3 Å². The first-order valence-corrected chi connectivity index (χ1v) is 7.38.